The Kier molecular flexibility index (Phi) is 11.9. The summed E-state index contributed by atoms with van der Waals surface area (Å²) < 4.78 is 7.75. The fourth-order valence-corrected chi connectivity index (χ4v) is 14.0. The largest absolute Gasteiger partial charge is 0.468 e. The first kappa shape index (κ1) is 50.8. The SMILES string of the molecule is CCC1=C(/C=C(\C)N2c3cc(N(c4ccccc4)c4ccccc4)ccc3B3c4oc5cc6c(cc5c4N(c4ccc(C(C)(C)C)cc4-c4ccccc4)c4cc(C)cc2c43)C(C)(C)CCC6(C)C)C(C)(C)CCC1(C)C. The molecule has 2 aliphatic heterocycles. The molecule has 0 N–H and O–H groups in total. The van der Waals surface area contributed by atoms with Crippen LogP contribution >= 0.6 is 0 Å². The Bertz CT molecular complexity index is 3660. The summed E-state index contributed by atoms with van der Waals surface area (Å²) in [4.78, 5) is 7.66. The van der Waals surface area contributed by atoms with Crippen LogP contribution in [-0.2, 0) is 16.2 Å². The number of hydrogen-bond donors (Lipinski definition) is 0. The molecule has 0 unspecified atom stereocenters. The summed E-state index contributed by atoms with van der Waals surface area (Å²) in [7, 11) is 0. The van der Waals surface area contributed by atoms with Crippen LogP contribution in [0.3, 0.4) is 0 Å². The number of para-hydroxylation sites is 2. The fourth-order valence-electron chi connectivity index (χ4n) is 14.0. The number of benzene rings is 7. The van der Waals surface area contributed by atoms with E-state index >= 15 is 0 Å². The van der Waals surface area contributed by atoms with Gasteiger partial charge >= 0.3 is 0 Å². The van der Waals surface area contributed by atoms with Crippen LogP contribution < -0.4 is 31.3 Å². The normalized spacial score (nSPS) is 17.9. The van der Waals surface area contributed by atoms with Crippen LogP contribution in [0, 0.1) is 17.8 Å². The van der Waals surface area contributed by atoms with Gasteiger partial charge in [0.15, 0.2) is 0 Å². The molecule has 3 heterocycles. The summed E-state index contributed by atoms with van der Waals surface area (Å²) in [6.45, 7) is 33.4. The van der Waals surface area contributed by atoms with Gasteiger partial charge in [-0.3, -0.25) is 0 Å². The smallest absolute Gasteiger partial charge is 0.297 e. The van der Waals surface area contributed by atoms with Gasteiger partial charge in [0.1, 0.15) is 5.58 Å². The Hall–Kier alpha value is -6.98. The molecule has 0 atom stereocenters. The third kappa shape index (κ3) is 8.32. The zero-order valence-corrected chi connectivity index (χ0v) is 48.4. The summed E-state index contributed by atoms with van der Waals surface area (Å²) in [5.74, 6) is 0. The highest BCUT2D eigenvalue weighted by Gasteiger charge is 2.49. The summed E-state index contributed by atoms with van der Waals surface area (Å²) in [6, 6.07) is 57.2. The molecule has 0 saturated heterocycles. The van der Waals surface area contributed by atoms with Gasteiger partial charge in [-0.2, -0.15) is 0 Å². The Morgan fingerprint density at radius 2 is 1.19 bits per heavy atom. The van der Waals surface area contributed by atoms with Gasteiger partial charge in [-0.15, -0.1) is 0 Å². The molecule has 4 nitrogen and oxygen atoms in total. The monoisotopic (exact) mass is 1010 g/mol. The predicted molar refractivity (Wildman–Crippen MR) is 331 cm³/mol. The molecule has 8 aromatic rings. The van der Waals surface area contributed by atoms with Crippen molar-refractivity contribution >= 4 is 79.8 Å². The second-order valence-corrected chi connectivity index (χ2v) is 26.7. The first-order valence-corrected chi connectivity index (χ1v) is 28.6. The number of fused-ring (bicyclic) bond motifs is 7. The third-order valence-electron chi connectivity index (χ3n) is 18.5. The number of nitrogens with zero attached hydrogens (tertiary/aromatic N) is 3. The van der Waals surface area contributed by atoms with E-state index in [0.29, 0.717) is 0 Å². The van der Waals surface area contributed by atoms with Gasteiger partial charge in [0, 0.05) is 50.8 Å². The maximum atomic E-state index is 7.75. The molecule has 0 bridgehead atoms. The van der Waals surface area contributed by atoms with Gasteiger partial charge in [0.25, 0.3) is 6.71 Å². The van der Waals surface area contributed by atoms with Crippen molar-refractivity contribution in [1.29, 1.82) is 0 Å². The lowest BCUT2D eigenvalue weighted by Crippen LogP contribution is -2.61. The van der Waals surface area contributed by atoms with E-state index < -0.39 is 0 Å². The van der Waals surface area contributed by atoms with Crippen molar-refractivity contribution in [2.45, 2.75) is 145 Å². The van der Waals surface area contributed by atoms with Crippen LogP contribution in [0.25, 0.3) is 22.1 Å². The van der Waals surface area contributed by atoms with Crippen LogP contribution in [0.4, 0.5) is 45.5 Å². The minimum Gasteiger partial charge on any atom is -0.468 e. The molecule has 390 valence electrons. The van der Waals surface area contributed by atoms with E-state index in [1.807, 2.05) is 0 Å². The molecule has 1 aromatic heterocycles. The Morgan fingerprint density at radius 1 is 0.610 bits per heavy atom. The first-order chi connectivity index (χ1) is 36.6. The quantitative estimate of drug-likeness (QED) is 0.142. The van der Waals surface area contributed by atoms with Crippen LogP contribution in [0.1, 0.15) is 144 Å². The van der Waals surface area contributed by atoms with Gasteiger partial charge in [0.2, 0.25) is 0 Å². The van der Waals surface area contributed by atoms with Crippen molar-refractivity contribution in [3.63, 3.8) is 0 Å². The molecule has 77 heavy (non-hydrogen) atoms. The number of hydrogen-bond acceptors (Lipinski definition) is 4. The molecule has 7 aromatic carbocycles. The van der Waals surface area contributed by atoms with Crippen LogP contribution in [0.5, 0.6) is 0 Å². The van der Waals surface area contributed by atoms with Gasteiger partial charge in [0.05, 0.1) is 17.0 Å². The molecule has 0 amide bonds. The zero-order valence-electron chi connectivity index (χ0n) is 48.4. The number of furan rings is 1. The van der Waals surface area contributed by atoms with Crippen molar-refractivity contribution in [3.05, 3.63) is 197 Å². The number of anilines is 8. The summed E-state index contributed by atoms with van der Waals surface area (Å²) in [5.41, 5.74) is 25.8. The van der Waals surface area contributed by atoms with Crippen LogP contribution in [0.2, 0.25) is 0 Å². The third-order valence-corrected chi connectivity index (χ3v) is 18.5. The predicted octanol–water partition coefficient (Wildman–Crippen LogP) is 18.7. The number of aryl methyl sites for hydroxylation is 1. The minimum atomic E-state index is -0.197. The van der Waals surface area contributed by atoms with E-state index in [9.17, 15) is 0 Å². The van der Waals surface area contributed by atoms with Crippen molar-refractivity contribution in [2.24, 2.45) is 10.8 Å². The zero-order chi connectivity index (χ0) is 54.1. The lowest BCUT2D eigenvalue weighted by molar-refractivity contribution is 0.261. The highest BCUT2D eigenvalue weighted by atomic mass is 16.3. The van der Waals surface area contributed by atoms with E-state index in [1.165, 1.54) is 84.4 Å². The fraction of sp³-hybridized carbons (Fsp3) is 0.333. The Labute approximate surface area is 460 Å². The van der Waals surface area contributed by atoms with E-state index in [1.54, 1.807) is 5.57 Å². The number of allylic oxidation sites excluding steroid dienone is 4. The molecule has 0 spiro atoms. The van der Waals surface area contributed by atoms with Gasteiger partial charge in [-0.25, -0.2) is 0 Å². The second-order valence-electron chi connectivity index (χ2n) is 26.7. The maximum absolute atomic E-state index is 7.75. The molecule has 4 aliphatic rings. The van der Waals surface area contributed by atoms with Crippen molar-refractivity contribution < 1.29 is 4.42 Å². The molecular weight excluding hydrogens is 934 g/mol. The Balaban J connectivity index is 1.21. The van der Waals surface area contributed by atoms with Crippen molar-refractivity contribution in [2.75, 3.05) is 14.7 Å². The molecular formula is C72H78BN3O. The van der Waals surface area contributed by atoms with Gasteiger partial charge in [-0.05, 0) is 196 Å². The lowest BCUT2D eigenvalue weighted by atomic mass is 9.35. The molecule has 0 radical (unpaired) electrons. The first-order valence-electron chi connectivity index (χ1n) is 28.6. The van der Waals surface area contributed by atoms with Crippen molar-refractivity contribution in [1.82, 2.24) is 0 Å². The minimum absolute atomic E-state index is 0.00465. The lowest BCUT2D eigenvalue weighted by Gasteiger charge is -2.45. The van der Waals surface area contributed by atoms with E-state index in [-0.39, 0.29) is 33.8 Å². The summed E-state index contributed by atoms with van der Waals surface area (Å²) in [6.07, 6.45) is 8.21. The second kappa shape index (κ2) is 18.0. The van der Waals surface area contributed by atoms with Gasteiger partial charge in [-0.1, -0.05) is 168 Å². The molecule has 5 heteroatoms. The average molecular weight is 1010 g/mol. The standard InChI is InChI=1S/C72H78BN3O/c1-15-55-56(70(9,10)36-35-69(55,7)8)41-47(3)74-61-43-52(75(50-27-21-17-22-28-50)51-29-23-18-24-30-51)32-33-59(61)73-65-62(74)39-46(2)40-63(65)76(60-34-31-49(68(4,5)6)42-53(60)48-25-19-16-20-26-48)66-54-44-57-58(45-64(54)77-67(66)73)72(13,14)38-37-71(57,11)12/h16-34,39-45H,15,35-38H2,1-14H3/b47-41+. The van der Waals surface area contributed by atoms with Gasteiger partial charge < -0.3 is 19.1 Å². The highest BCUT2D eigenvalue weighted by Crippen LogP contribution is 2.55. The number of rotatable bonds is 8. The van der Waals surface area contributed by atoms with Crippen LogP contribution in [0.15, 0.2) is 179 Å². The maximum Gasteiger partial charge on any atom is 0.297 e. The van der Waals surface area contributed by atoms with E-state index in [4.69, 9.17) is 4.42 Å². The topological polar surface area (TPSA) is 22.9 Å². The molecule has 0 saturated carbocycles. The highest BCUT2D eigenvalue weighted by molar-refractivity contribution is 7.00. The average Bonchev–Trinajstić information content (AvgIpc) is 4.08. The molecule has 12 rings (SSSR count). The summed E-state index contributed by atoms with van der Waals surface area (Å²) >= 11 is 0. The summed E-state index contributed by atoms with van der Waals surface area (Å²) in [5, 5.41) is 1.18. The van der Waals surface area contributed by atoms with E-state index in [0.717, 1.165) is 65.4 Å². The molecule has 0 fully saturated rings. The van der Waals surface area contributed by atoms with Crippen molar-refractivity contribution in [3.8, 4) is 11.1 Å². The molecule has 2 aliphatic carbocycles. The van der Waals surface area contributed by atoms with Crippen LogP contribution in [-0.4, -0.2) is 6.71 Å². The Morgan fingerprint density at radius 3 is 1.82 bits per heavy atom. The van der Waals surface area contributed by atoms with E-state index in [2.05, 4.69) is 269 Å².